The summed E-state index contributed by atoms with van der Waals surface area (Å²) >= 11 is 6.41. The van der Waals surface area contributed by atoms with E-state index in [-0.39, 0.29) is 11.8 Å². The Bertz CT molecular complexity index is 1150. The number of ether oxygens (including phenoxy) is 1. The lowest BCUT2D eigenvalue weighted by molar-refractivity contribution is -0.00593. The molecular formula is C21H19ClN4O4. The van der Waals surface area contributed by atoms with Crippen molar-refractivity contribution in [2.24, 2.45) is 0 Å². The van der Waals surface area contributed by atoms with E-state index in [1.54, 1.807) is 40.5 Å². The molecule has 30 heavy (non-hydrogen) atoms. The molecule has 4 heterocycles. The van der Waals surface area contributed by atoms with Gasteiger partial charge in [0, 0.05) is 18.7 Å². The van der Waals surface area contributed by atoms with Gasteiger partial charge in [0.25, 0.3) is 11.8 Å². The van der Waals surface area contributed by atoms with E-state index in [1.165, 1.54) is 6.26 Å². The number of fused-ring (bicyclic) bond motifs is 2. The highest BCUT2D eigenvalue weighted by Gasteiger charge is 2.56. The summed E-state index contributed by atoms with van der Waals surface area (Å²) in [6.45, 7) is 2.83. The van der Waals surface area contributed by atoms with E-state index in [0.29, 0.717) is 47.5 Å². The van der Waals surface area contributed by atoms with Crippen LogP contribution in [0.15, 0.2) is 47.2 Å². The smallest absolute Gasteiger partial charge is 0.272 e. The molecule has 1 unspecified atom stereocenters. The van der Waals surface area contributed by atoms with Gasteiger partial charge in [-0.1, -0.05) is 28.9 Å². The lowest BCUT2D eigenvalue weighted by Gasteiger charge is -2.47. The van der Waals surface area contributed by atoms with E-state index >= 15 is 0 Å². The molecule has 0 saturated carbocycles. The fraction of sp³-hybridized carbons (Fsp3) is 0.286. The summed E-state index contributed by atoms with van der Waals surface area (Å²) in [5.74, 6) is 0.280. The molecule has 2 aliphatic rings. The maximum atomic E-state index is 13.5. The minimum Gasteiger partial charge on any atom is -0.497 e. The number of benzene rings is 1. The van der Waals surface area contributed by atoms with Crippen LogP contribution in [0.1, 0.15) is 32.1 Å². The van der Waals surface area contributed by atoms with Gasteiger partial charge in [-0.05, 0) is 31.2 Å². The fourth-order valence-electron chi connectivity index (χ4n) is 4.48. The standard InChI is InChI=1S/C21H19ClN4O4/c1-13-16(11-30-23-13)19(27)25-9-10-26-20(28)17-7-8-18(22)24(17)12-21(25,26)14-3-5-15(29-2)6-4-14/h3-8,11H,9-10,12H2,1-2H3. The summed E-state index contributed by atoms with van der Waals surface area (Å²) in [6, 6.07) is 10.8. The highest BCUT2D eigenvalue weighted by atomic mass is 35.5. The maximum Gasteiger partial charge on any atom is 0.272 e. The second-order valence-corrected chi connectivity index (χ2v) is 7.79. The quantitative estimate of drug-likeness (QED) is 0.643. The molecule has 3 aromatic rings. The first-order chi connectivity index (χ1) is 14.5. The third-order valence-corrected chi connectivity index (χ3v) is 6.32. The number of hydrogen-bond donors (Lipinski definition) is 0. The van der Waals surface area contributed by atoms with Crippen LogP contribution >= 0.6 is 11.6 Å². The first-order valence-electron chi connectivity index (χ1n) is 9.52. The van der Waals surface area contributed by atoms with Gasteiger partial charge < -0.3 is 23.6 Å². The van der Waals surface area contributed by atoms with Crippen LogP contribution in [0, 0.1) is 6.92 Å². The van der Waals surface area contributed by atoms with Crippen molar-refractivity contribution in [3.05, 3.63) is 70.3 Å². The second kappa shape index (κ2) is 6.63. The number of carbonyl (C=O) groups excluding carboxylic acids is 2. The molecule has 1 fully saturated rings. The van der Waals surface area contributed by atoms with Crippen molar-refractivity contribution in [3.8, 4) is 5.75 Å². The molecule has 154 valence electrons. The monoisotopic (exact) mass is 426 g/mol. The molecular weight excluding hydrogens is 408 g/mol. The number of aryl methyl sites for hydroxylation is 1. The average molecular weight is 427 g/mol. The van der Waals surface area contributed by atoms with Gasteiger partial charge in [-0.25, -0.2) is 0 Å². The van der Waals surface area contributed by atoms with Gasteiger partial charge in [0.05, 0.1) is 19.3 Å². The zero-order valence-corrected chi connectivity index (χ0v) is 17.2. The van der Waals surface area contributed by atoms with E-state index in [2.05, 4.69) is 5.16 Å². The number of nitrogens with zero attached hydrogens (tertiary/aromatic N) is 4. The number of hydrogen-bond acceptors (Lipinski definition) is 5. The highest BCUT2D eigenvalue weighted by Crippen LogP contribution is 2.45. The summed E-state index contributed by atoms with van der Waals surface area (Å²) in [5.41, 5.74) is 1.16. The van der Waals surface area contributed by atoms with Gasteiger partial charge in [-0.2, -0.15) is 0 Å². The zero-order valence-electron chi connectivity index (χ0n) is 16.5. The number of carbonyl (C=O) groups is 2. The Morgan fingerprint density at radius 1 is 1.20 bits per heavy atom. The number of halogens is 1. The Hall–Kier alpha value is -3.26. The van der Waals surface area contributed by atoms with Crippen LogP contribution in [-0.2, 0) is 12.2 Å². The van der Waals surface area contributed by atoms with Crippen LogP contribution in [0.25, 0.3) is 0 Å². The van der Waals surface area contributed by atoms with Crippen LogP contribution in [0.5, 0.6) is 5.75 Å². The Morgan fingerprint density at radius 2 is 1.97 bits per heavy atom. The Kier molecular flexibility index (Phi) is 4.14. The topological polar surface area (TPSA) is 80.8 Å². The van der Waals surface area contributed by atoms with Crippen LogP contribution in [0.4, 0.5) is 0 Å². The van der Waals surface area contributed by atoms with Crippen molar-refractivity contribution in [2.75, 3.05) is 20.2 Å². The van der Waals surface area contributed by atoms with Gasteiger partial charge in [-0.3, -0.25) is 9.59 Å². The molecule has 2 aliphatic heterocycles. The van der Waals surface area contributed by atoms with Crippen molar-refractivity contribution in [3.63, 3.8) is 0 Å². The predicted octanol–water partition coefficient (Wildman–Crippen LogP) is 2.91. The SMILES string of the molecule is COc1ccc(C23Cn4c(Cl)ccc4C(=O)N2CCN3C(=O)c2conc2C)cc1. The summed E-state index contributed by atoms with van der Waals surface area (Å²) in [7, 11) is 1.59. The first-order valence-corrected chi connectivity index (χ1v) is 9.89. The molecule has 0 aliphatic carbocycles. The van der Waals surface area contributed by atoms with Crippen LogP contribution in [-0.4, -0.2) is 51.5 Å². The van der Waals surface area contributed by atoms with Gasteiger partial charge in [0.2, 0.25) is 0 Å². The van der Waals surface area contributed by atoms with Gasteiger partial charge >= 0.3 is 0 Å². The van der Waals surface area contributed by atoms with Gasteiger partial charge in [-0.15, -0.1) is 0 Å². The predicted molar refractivity (Wildman–Crippen MR) is 107 cm³/mol. The van der Waals surface area contributed by atoms with Crippen molar-refractivity contribution in [2.45, 2.75) is 19.1 Å². The molecule has 0 N–H and O–H groups in total. The van der Waals surface area contributed by atoms with Crippen molar-refractivity contribution >= 4 is 23.4 Å². The molecule has 8 nitrogen and oxygen atoms in total. The van der Waals surface area contributed by atoms with E-state index in [4.69, 9.17) is 20.9 Å². The Balaban J connectivity index is 1.70. The minimum absolute atomic E-state index is 0.165. The zero-order chi connectivity index (χ0) is 21.0. The van der Waals surface area contributed by atoms with Crippen LogP contribution < -0.4 is 4.74 Å². The highest BCUT2D eigenvalue weighted by molar-refractivity contribution is 6.30. The fourth-order valence-corrected chi connectivity index (χ4v) is 4.69. The molecule has 9 heteroatoms. The third kappa shape index (κ3) is 2.43. The largest absolute Gasteiger partial charge is 0.497 e. The van der Waals surface area contributed by atoms with Gasteiger partial charge in [0.15, 0.2) is 5.66 Å². The third-order valence-electron chi connectivity index (χ3n) is 5.99. The second-order valence-electron chi connectivity index (χ2n) is 7.40. The van der Waals surface area contributed by atoms with Crippen molar-refractivity contribution in [1.82, 2.24) is 19.5 Å². The molecule has 1 aromatic carbocycles. The Labute approximate surface area is 177 Å². The normalized spacial score (nSPS) is 20.3. The lowest BCUT2D eigenvalue weighted by atomic mass is 9.93. The van der Waals surface area contributed by atoms with E-state index in [9.17, 15) is 9.59 Å². The molecule has 0 spiro atoms. The molecule has 1 atom stereocenters. The van der Waals surface area contributed by atoms with Crippen LogP contribution in [0.3, 0.4) is 0 Å². The van der Waals surface area contributed by atoms with E-state index in [1.807, 2.05) is 24.3 Å². The maximum absolute atomic E-state index is 13.5. The Morgan fingerprint density at radius 3 is 2.63 bits per heavy atom. The molecule has 5 rings (SSSR count). The molecule has 0 bridgehead atoms. The number of aromatic nitrogens is 2. The van der Waals surface area contributed by atoms with E-state index < -0.39 is 5.66 Å². The molecule has 2 aromatic heterocycles. The number of amides is 2. The van der Waals surface area contributed by atoms with Crippen molar-refractivity contribution < 1.29 is 18.8 Å². The van der Waals surface area contributed by atoms with Crippen molar-refractivity contribution in [1.29, 1.82) is 0 Å². The molecule has 2 amide bonds. The summed E-state index contributed by atoms with van der Waals surface area (Å²) < 4.78 is 12.0. The van der Waals surface area contributed by atoms with Gasteiger partial charge in [0.1, 0.15) is 28.4 Å². The summed E-state index contributed by atoms with van der Waals surface area (Å²) in [5, 5.41) is 4.29. The first kappa shape index (κ1) is 18.7. The average Bonchev–Trinajstić information content (AvgIpc) is 3.46. The number of rotatable bonds is 3. The van der Waals surface area contributed by atoms with E-state index in [0.717, 1.165) is 5.56 Å². The molecule has 1 saturated heterocycles. The minimum atomic E-state index is -1.03. The van der Waals surface area contributed by atoms with Crippen LogP contribution in [0.2, 0.25) is 5.15 Å². The summed E-state index contributed by atoms with van der Waals surface area (Å²) in [4.78, 5) is 30.4. The summed E-state index contributed by atoms with van der Waals surface area (Å²) in [6.07, 6.45) is 1.35. The molecule has 0 radical (unpaired) electrons. The lowest BCUT2D eigenvalue weighted by Crippen LogP contribution is -2.60. The number of methoxy groups -OCH3 is 1.